The molecule has 3 nitrogen and oxygen atoms in total. The van der Waals surface area contributed by atoms with Gasteiger partial charge < -0.3 is 10.2 Å². The van der Waals surface area contributed by atoms with Crippen molar-refractivity contribution >= 4 is 18.3 Å². The second kappa shape index (κ2) is 6.37. The van der Waals surface area contributed by atoms with Crippen molar-refractivity contribution < 1.29 is 4.79 Å². The van der Waals surface area contributed by atoms with Crippen molar-refractivity contribution in [3.8, 4) is 0 Å². The van der Waals surface area contributed by atoms with Crippen LogP contribution in [-0.4, -0.2) is 30.4 Å². The van der Waals surface area contributed by atoms with E-state index in [9.17, 15) is 4.79 Å². The number of amides is 1. The summed E-state index contributed by atoms with van der Waals surface area (Å²) in [7, 11) is 0. The molecule has 1 fully saturated rings. The molecule has 0 aromatic heterocycles. The van der Waals surface area contributed by atoms with E-state index in [0.29, 0.717) is 5.91 Å². The first-order chi connectivity index (χ1) is 9.58. The van der Waals surface area contributed by atoms with Crippen molar-refractivity contribution in [3.63, 3.8) is 0 Å². The molecule has 21 heavy (non-hydrogen) atoms. The first-order valence-corrected chi connectivity index (χ1v) is 7.66. The van der Waals surface area contributed by atoms with Crippen LogP contribution >= 0.6 is 12.4 Å². The second-order valence-electron chi connectivity index (χ2n) is 6.76. The van der Waals surface area contributed by atoms with Gasteiger partial charge in [-0.15, -0.1) is 12.4 Å². The van der Waals surface area contributed by atoms with Gasteiger partial charge in [0.05, 0.1) is 0 Å². The molecule has 0 bridgehead atoms. The van der Waals surface area contributed by atoms with Crippen LogP contribution in [0.3, 0.4) is 0 Å². The van der Waals surface area contributed by atoms with E-state index in [2.05, 4.69) is 48.3 Å². The minimum Gasteiger partial charge on any atom is -0.337 e. The number of carbonyl (C=O) groups excluding carboxylic acids is 1. The van der Waals surface area contributed by atoms with Gasteiger partial charge in [-0.3, -0.25) is 4.79 Å². The molecular weight excluding hydrogens is 284 g/mol. The van der Waals surface area contributed by atoms with Crippen molar-refractivity contribution in [2.75, 3.05) is 19.6 Å². The molecule has 0 unspecified atom stereocenters. The number of benzene rings is 1. The molecule has 0 aliphatic carbocycles. The third-order valence-electron chi connectivity index (χ3n) is 4.69. The molecule has 0 spiro atoms. The molecule has 1 N–H and O–H groups in total. The summed E-state index contributed by atoms with van der Waals surface area (Å²) < 4.78 is 0. The van der Waals surface area contributed by atoms with Gasteiger partial charge in [0.15, 0.2) is 0 Å². The summed E-state index contributed by atoms with van der Waals surface area (Å²) >= 11 is 0. The Morgan fingerprint density at radius 2 is 1.90 bits per heavy atom. The highest BCUT2D eigenvalue weighted by Gasteiger charge is 2.35. The van der Waals surface area contributed by atoms with E-state index in [-0.39, 0.29) is 23.7 Å². The molecule has 116 valence electrons. The molecule has 0 atom stereocenters. The number of nitrogens with one attached hydrogen (secondary N) is 1. The predicted molar refractivity (Wildman–Crippen MR) is 87.7 cm³/mol. The number of hydrogen-bond acceptors (Lipinski definition) is 2. The maximum absolute atomic E-state index is 12.7. The van der Waals surface area contributed by atoms with Gasteiger partial charge in [-0.25, -0.2) is 0 Å². The van der Waals surface area contributed by atoms with Gasteiger partial charge in [0.1, 0.15) is 0 Å². The highest BCUT2D eigenvalue weighted by molar-refractivity contribution is 5.85. The van der Waals surface area contributed by atoms with Crippen LogP contribution < -0.4 is 5.32 Å². The molecular formula is C17H25ClN2O. The number of carbonyl (C=O) groups is 1. The average molecular weight is 309 g/mol. The van der Waals surface area contributed by atoms with Gasteiger partial charge in [-0.05, 0) is 37.1 Å². The van der Waals surface area contributed by atoms with E-state index in [1.54, 1.807) is 0 Å². The highest BCUT2D eigenvalue weighted by atomic mass is 35.5. The summed E-state index contributed by atoms with van der Waals surface area (Å²) in [5.41, 5.74) is 2.76. The van der Waals surface area contributed by atoms with Crippen molar-refractivity contribution in [1.82, 2.24) is 10.2 Å². The third-order valence-corrected chi connectivity index (χ3v) is 4.69. The lowest BCUT2D eigenvalue weighted by molar-refractivity contribution is -0.138. The van der Waals surface area contributed by atoms with E-state index in [0.717, 1.165) is 39.0 Å². The van der Waals surface area contributed by atoms with Crippen molar-refractivity contribution in [3.05, 3.63) is 35.4 Å². The molecule has 1 aromatic carbocycles. The summed E-state index contributed by atoms with van der Waals surface area (Å²) in [6, 6.07) is 8.55. The number of rotatable bonds is 1. The van der Waals surface area contributed by atoms with Crippen LogP contribution in [0, 0.1) is 5.92 Å². The van der Waals surface area contributed by atoms with Gasteiger partial charge in [0.2, 0.25) is 5.91 Å². The summed E-state index contributed by atoms with van der Waals surface area (Å²) in [6.07, 6.45) is 1.97. The maximum atomic E-state index is 12.7. The second-order valence-corrected chi connectivity index (χ2v) is 6.76. The minimum atomic E-state index is 0. The topological polar surface area (TPSA) is 32.3 Å². The van der Waals surface area contributed by atoms with E-state index in [1.807, 2.05) is 0 Å². The molecule has 2 heterocycles. The smallest absolute Gasteiger partial charge is 0.226 e. The normalized spacial score (nSPS) is 21.3. The van der Waals surface area contributed by atoms with Crippen LogP contribution in [0.5, 0.6) is 0 Å². The van der Waals surface area contributed by atoms with Crippen LogP contribution in [0.4, 0.5) is 0 Å². The molecule has 3 rings (SSSR count). The van der Waals surface area contributed by atoms with Gasteiger partial charge in [-0.2, -0.15) is 0 Å². The van der Waals surface area contributed by atoms with Crippen LogP contribution in [0.2, 0.25) is 0 Å². The predicted octanol–water partition coefficient (Wildman–Crippen LogP) is 2.73. The zero-order valence-electron chi connectivity index (χ0n) is 12.9. The average Bonchev–Trinajstić information content (AvgIpc) is 2.47. The fourth-order valence-corrected chi connectivity index (χ4v) is 3.63. The zero-order chi connectivity index (χ0) is 14.2. The number of piperidine rings is 1. The summed E-state index contributed by atoms with van der Waals surface area (Å²) in [6.45, 7) is 8.06. The third kappa shape index (κ3) is 3.24. The number of nitrogens with zero attached hydrogens (tertiary/aromatic N) is 1. The number of hydrogen-bond donors (Lipinski definition) is 1. The standard InChI is InChI=1S/C17H24N2O.ClH/c1-17(2)12-19(11-14-5-3-4-6-15(14)17)16(20)13-7-9-18-10-8-13;/h3-6,13,18H,7-12H2,1-2H3;1H. The molecule has 2 aliphatic rings. The maximum Gasteiger partial charge on any atom is 0.226 e. The number of fused-ring (bicyclic) bond motifs is 1. The Bertz CT molecular complexity index is 509. The largest absolute Gasteiger partial charge is 0.337 e. The molecule has 1 amide bonds. The van der Waals surface area contributed by atoms with Crippen LogP contribution in [0.1, 0.15) is 37.8 Å². The Balaban J connectivity index is 0.00000161. The fraction of sp³-hybridized carbons (Fsp3) is 0.588. The highest BCUT2D eigenvalue weighted by Crippen LogP contribution is 2.34. The lowest BCUT2D eigenvalue weighted by Crippen LogP contribution is -2.48. The zero-order valence-corrected chi connectivity index (χ0v) is 13.7. The Hall–Kier alpha value is -1.06. The SMILES string of the molecule is CC1(C)CN(C(=O)C2CCNCC2)Cc2ccccc21.Cl. The molecule has 1 aromatic rings. The van der Waals surface area contributed by atoms with Crippen LogP contribution in [0.15, 0.2) is 24.3 Å². The molecule has 4 heteroatoms. The van der Waals surface area contributed by atoms with Crippen molar-refractivity contribution in [2.45, 2.75) is 38.6 Å². The summed E-state index contributed by atoms with van der Waals surface area (Å²) in [5, 5.41) is 3.33. The van der Waals surface area contributed by atoms with Crippen molar-refractivity contribution in [2.24, 2.45) is 5.92 Å². The van der Waals surface area contributed by atoms with E-state index < -0.39 is 0 Å². The van der Waals surface area contributed by atoms with E-state index in [1.165, 1.54) is 11.1 Å². The molecule has 0 radical (unpaired) electrons. The first kappa shape index (κ1) is 16.3. The van der Waals surface area contributed by atoms with E-state index in [4.69, 9.17) is 0 Å². The fourth-order valence-electron chi connectivity index (χ4n) is 3.63. The molecule has 0 saturated carbocycles. The number of halogens is 1. The first-order valence-electron chi connectivity index (χ1n) is 7.66. The van der Waals surface area contributed by atoms with E-state index >= 15 is 0 Å². The summed E-state index contributed by atoms with van der Waals surface area (Å²) in [5.74, 6) is 0.575. The molecule has 2 aliphatic heterocycles. The quantitative estimate of drug-likeness (QED) is 0.865. The Morgan fingerprint density at radius 3 is 2.62 bits per heavy atom. The van der Waals surface area contributed by atoms with Gasteiger partial charge in [-0.1, -0.05) is 38.1 Å². The van der Waals surface area contributed by atoms with Gasteiger partial charge in [0.25, 0.3) is 0 Å². The monoisotopic (exact) mass is 308 g/mol. The van der Waals surface area contributed by atoms with Gasteiger partial charge in [0, 0.05) is 24.4 Å². The Kier molecular flexibility index (Phi) is 4.95. The lowest BCUT2D eigenvalue weighted by Gasteiger charge is -2.41. The lowest BCUT2D eigenvalue weighted by atomic mass is 9.78. The van der Waals surface area contributed by atoms with Crippen LogP contribution in [0.25, 0.3) is 0 Å². The van der Waals surface area contributed by atoms with Crippen LogP contribution in [-0.2, 0) is 16.8 Å². The Labute approximate surface area is 133 Å². The molecule has 1 saturated heterocycles. The van der Waals surface area contributed by atoms with Gasteiger partial charge >= 0.3 is 0 Å². The van der Waals surface area contributed by atoms with Crippen molar-refractivity contribution in [1.29, 1.82) is 0 Å². The summed E-state index contributed by atoms with van der Waals surface area (Å²) in [4.78, 5) is 14.8. The Morgan fingerprint density at radius 1 is 1.24 bits per heavy atom. The minimum absolute atomic E-state index is 0.